The van der Waals surface area contributed by atoms with Crippen LogP contribution in [-0.2, 0) is 6.42 Å². The Morgan fingerprint density at radius 3 is 2.88 bits per heavy atom. The number of nitrogens with zero attached hydrogens (tertiary/aromatic N) is 4. The van der Waals surface area contributed by atoms with Crippen LogP contribution in [0.5, 0.6) is 0 Å². The fraction of sp³-hybridized carbons (Fsp3) is 0.300. The van der Waals surface area contributed by atoms with Crippen LogP contribution in [-0.4, -0.2) is 26.8 Å². The highest BCUT2D eigenvalue weighted by atomic mass is 19.1. The minimum atomic E-state index is -0.370. The monoisotopic (exact) mass is 221 g/mol. The van der Waals surface area contributed by atoms with Gasteiger partial charge in [0.05, 0.1) is 0 Å². The first kappa shape index (κ1) is 10.7. The van der Waals surface area contributed by atoms with Gasteiger partial charge < -0.3 is 5.73 Å². The number of benzene rings is 1. The van der Waals surface area contributed by atoms with E-state index >= 15 is 0 Å². The maximum Gasteiger partial charge on any atom is 0.175 e. The van der Waals surface area contributed by atoms with E-state index < -0.39 is 0 Å². The second-order valence-corrected chi connectivity index (χ2v) is 3.34. The Kier molecular flexibility index (Phi) is 3.21. The van der Waals surface area contributed by atoms with E-state index in [-0.39, 0.29) is 5.82 Å². The molecular formula is C10H12FN5. The van der Waals surface area contributed by atoms with E-state index in [0.717, 1.165) is 6.42 Å². The van der Waals surface area contributed by atoms with Gasteiger partial charge in [-0.25, -0.2) is 4.39 Å². The van der Waals surface area contributed by atoms with Crippen LogP contribution in [0, 0.1) is 5.82 Å². The molecule has 0 bridgehead atoms. The van der Waals surface area contributed by atoms with Gasteiger partial charge in [0, 0.05) is 6.42 Å². The maximum absolute atomic E-state index is 13.4. The molecular weight excluding hydrogens is 209 g/mol. The van der Waals surface area contributed by atoms with Crippen LogP contribution in [0.3, 0.4) is 0 Å². The SMILES string of the molecule is NCCCc1nnn(-c2ccccc2F)n1. The molecule has 0 amide bonds. The van der Waals surface area contributed by atoms with Gasteiger partial charge in [0.25, 0.3) is 0 Å². The average molecular weight is 221 g/mol. The van der Waals surface area contributed by atoms with Crippen molar-refractivity contribution in [3.63, 3.8) is 0 Å². The van der Waals surface area contributed by atoms with Crippen LogP contribution in [0.4, 0.5) is 4.39 Å². The summed E-state index contributed by atoms with van der Waals surface area (Å²) in [5.74, 6) is 0.207. The Morgan fingerprint density at radius 1 is 1.31 bits per heavy atom. The molecule has 0 spiro atoms. The van der Waals surface area contributed by atoms with E-state index in [1.165, 1.54) is 10.9 Å². The number of hydrogen-bond acceptors (Lipinski definition) is 4. The summed E-state index contributed by atoms with van der Waals surface area (Å²) in [5, 5.41) is 11.7. The zero-order valence-electron chi connectivity index (χ0n) is 8.67. The highest BCUT2D eigenvalue weighted by Crippen LogP contribution is 2.09. The lowest BCUT2D eigenvalue weighted by molar-refractivity contribution is 0.591. The van der Waals surface area contributed by atoms with Gasteiger partial charge >= 0.3 is 0 Å². The lowest BCUT2D eigenvalue weighted by Gasteiger charge is -1.98. The van der Waals surface area contributed by atoms with Gasteiger partial charge in [-0.2, -0.15) is 0 Å². The molecule has 0 aliphatic heterocycles. The number of aromatic nitrogens is 4. The molecule has 1 aromatic carbocycles. The van der Waals surface area contributed by atoms with E-state index in [1.807, 2.05) is 0 Å². The van der Waals surface area contributed by atoms with Crippen molar-refractivity contribution < 1.29 is 4.39 Å². The Bertz CT molecular complexity index is 468. The molecule has 0 saturated carbocycles. The summed E-state index contributed by atoms with van der Waals surface area (Å²) in [4.78, 5) is 1.20. The average Bonchev–Trinajstić information content (AvgIpc) is 2.75. The summed E-state index contributed by atoms with van der Waals surface area (Å²) < 4.78 is 13.4. The fourth-order valence-corrected chi connectivity index (χ4v) is 1.32. The molecule has 84 valence electrons. The molecule has 0 aliphatic rings. The van der Waals surface area contributed by atoms with Crippen molar-refractivity contribution in [1.29, 1.82) is 0 Å². The van der Waals surface area contributed by atoms with Gasteiger partial charge in [-0.05, 0) is 30.3 Å². The minimum absolute atomic E-state index is 0.300. The Labute approximate surface area is 92.1 Å². The van der Waals surface area contributed by atoms with Crippen molar-refractivity contribution in [1.82, 2.24) is 20.2 Å². The molecule has 2 rings (SSSR count). The molecule has 0 unspecified atom stereocenters. The Balaban J connectivity index is 2.22. The second kappa shape index (κ2) is 4.80. The van der Waals surface area contributed by atoms with Gasteiger partial charge in [0.15, 0.2) is 11.6 Å². The van der Waals surface area contributed by atoms with Crippen molar-refractivity contribution in [2.45, 2.75) is 12.8 Å². The summed E-state index contributed by atoms with van der Waals surface area (Å²) >= 11 is 0. The molecule has 0 aliphatic carbocycles. The van der Waals surface area contributed by atoms with Crippen LogP contribution >= 0.6 is 0 Å². The zero-order chi connectivity index (χ0) is 11.4. The van der Waals surface area contributed by atoms with Gasteiger partial charge in [0.2, 0.25) is 0 Å². The van der Waals surface area contributed by atoms with E-state index in [1.54, 1.807) is 18.2 Å². The van der Waals surface area contributed by atoms with Gasteiger partial charge in [-0.3, -0.25) is 0 Å². The number of aryl methyl sites for hydroxylation is 1. The first-order valence-corrected chi connectivity index (χ1v) is 5.05. The highest BCUT2D eigenvalue weighted by molar-refractivity contribution is 5.30. The third-order valence-electron chi connectivity index (χ3n) is 2.13. The molecule has 0 saturated heterocycles. The number of para-hydroxylation sites is 1. The van der Waals surface area contributed by atoms with E-state index in [9.17, 15) is 4.39 Å². The molecule has 16 heavy (non-hydrogen) atoms. The molecule has 0 radical (unpaired) electrons. The minimum Gasteiger partial charge on any atom is -0.330 e. The molecule has 0 fully saturated rings. The number of nitrogens with two attached hydrogens (primary N) is 1. The van der Waals surface area contributed by atoms with Crippen LogP contribution in [0.15, 0.2) is 24.3 Å². The molecule has 6 heteroatoms. The molecule has 1 heterocycles. The van der Waals surface area contributed by atoms with Gasteiger partial charge in [0.1, 0.15) is 5.69 Å². The summed E-state index contributed by atoms with van der Waals surface area (Å²) in [6.45, 7) is 0.578. The largest absolute Gasteiger partial charge is 0.330 e. The van der Waals surface area contributed by atoms with Crippen molar-refractivity contribution in [3.05, 3.63) is 35.9 Å². The van der Waals surface area contributed by atoms with Crippen LogP contribution in [0.2, 0.25) is 0 Å². The summed E-state index contributed by atoms with van der Waals surface area (Å²) in [7, 11) is 0. The van der Waals surface area contributed by atoms with Gasteiger partial charge in [-0.15, -0.1) is 15.0 Å². The van der Waals surface area contributed by atoms with E-state index in [0.29, 0.717) is 24.5 Å². The third-order valence-corrected chi connectivity index (χ3v) is 2.13. The predicted octanol–water partition coefficient (Wildman–Crippen LogP) is 0.693. The molecule has 0 atom stereocenters. The van der Waals surface area contributed by atoms with Crippen molar-refractivity contribution in [3.8, 4) is 5.69 Å². The quantitative estimate of drug-likeness (QED) is 0.824. The topological polar surface area (TPSA) is 69.6 Å². The van der Waals surface area contributed by atoms with Gasteiger partial charge in [-0.1, -0.05) is 12.1 Å². The van der Waals surface area contributed by atoms with E-state index in [2.05, 4.69) is 15.4 Å². The Morgan fingerprint density at radius 2 is 2.12 bits per heavy atom. The molecule has 2 N–H and O–H groups in total. The summed E-state index contributed by atoms with van der Waals surface area (Å²) in [6, 6.07) is 6.30. The van der Waals surface area contributed by atoms with Crippen molar-refractivity contribution in [2.24, 2.45) is 5.73 Å². The van der Waals surface area contributed by atoms with Crippen LogP contribution in [0.1, 0.15) is 12.2 Å². The maximum atomic E-state index is 13.4. The number of hydrogen-bond donors (Lipinski definition) is 1. The molecule has 5 nitrogen and oxygen atoms in total. The first-order chi connectivity index (χ1) is 7.81. The standard InChI is InChI=1S/C10H12FN5/c11-8-4-1-2-5-9(8)16-14-10(13-15-16)6-3-7-12/h1-2,4-5H,3,6-7,12H2. The predicted molar refractivity (Wildman–Crippen MR) is 56.5 cm³/mol. The Hall–Kier alpha value is -1.82. The van der Waals surface area contributed by atoms with E-state index in [4.69, 9.17) is 5.73 Å². The first-order valence-electron chi connectivity index (χ1n) is 5.05. The number of rotatable bonds is 4. The smallest absolute Gasteiger partial charge is 0.175 e. The number of tetrazole rings is 1. The highest BCUT2D eigenvalue weighted by Gasteiger charge is 2.07. The zero-order valence-corrected chi connectivity index (χ0v) is 8.67. The van der Waals surface area contributed by atoms with Crippen LogP contribution < -0.4 is 5.73 Å². The second-order valence-electron chi connectivity index (χ2n) is 3.34. The van der Waals surface area contributed by atoms with Crippen molar-refractivity contribution >= 4 is 0 Å². The molecule has 2 aromatic rings. The fourth-order valence-electron chi connectivity index (χ4n) is 1.32. The molecule has 1 aromatic heterocycles. The van der Waals surface area contributed by atoms with Crippen molar-refractivity contribution in [2.75, 3.05) is 6.54 Å². The summed E-state index contributed by atoms with van der Waals surface area (Å²) in [5.41, 5.74) is 5.68. The third kappa shape index (κ3) is 2.22. The normalized spacial score (nSPS) is 10.6. The number of halogens is 1. The van der Waals surface area contributed by atoms with Crippen LogP contribution in [0.25, 0.3) is 5.69 Å². The summed E-state index contributed by atoms with van der Waals surface area (Å²) in [6.07, 6.45) is 1.45. The lowest BCUT2D eigenvalue weighted by atomic mass is 10.3. The lowest BCUT2D eigenvalue weighted by Crippen LogP contribution is -2.03.